The number of hydrogen-bond acceptors (Lipinski definition) is 4. The van der Waals surface area contributed by atoms with Crippen LogP contribution in [-0.2, 0) is 12.0 Å². The molecule has 1 aromatic heterocycles. The summed E-state index contributed by atoms with van der Waals surface area (Å²) in [4.78, 5) is 0. The molecule has 0 radical (unpaired) electrons. The van der Waals surface area contributed by atoms with Gasteiger partial charge in [-0.15, -0.1) is 5.10 Å². The van der Waals surface area contributed by atoms with Gasteiger partial charge in [-0.25, -0.2) is 4.68 Å². The SMILES string of the molecule is Cc1cc(C(C)(C)C)ccc1OC[C@H](O)Cn1ccnn1. The predicted molar refractivity (Wildman–Crippen MR) is 81.4 cm³/mol. The maximum atomic E-state index is 9.94. The highest BCUT2D eigenvalue weighted by Crippen LogP contribution is 2.27. The number of aryl methyl sites for hydroxylation is 1. The van der Waals surface area contributed by atoms with Crippen LogP contribution in [0.25, 0.3) is 0 Å². The van der Waals surface area contributed by atoms with Crippen LogP contribution >= 0.6 is 0 Å². The van der Waals surface area contributed by atoms with Crippen LogP contribution in [0.1, 0.15) is 31.9 Å². The molecular formula is C16H23N3O2. The van der Waals surface area contributed by atoms with Gasteiger partial charge >= 0.3 is 0 Å². The minimum Gasteiger partial charge on any atom is -0.491 e. The first kappa shape index (κ1) is 15.5. The Kier molecular flexibility index (Phi) is 4.63. The van der Waals surface area contributed by atoms with Gasteiger partial charge < -0.3 is 9.84 Å². The second kappa shape index (κ2) is 6.26. The summed E-state index contributed by atoms with van der Waals surface area (Å²) in [6.07, 6.45) is 2.68. The second-order valence-corrected chi connectivity index (χ2v) is 6.32. The maximum absolute atomic E-state index is 9.94. The third kappa shape index (κ3) is 4.29. The molecule has 114 valence electrons. The minimum absolute atomic E-state index is 0.121. The van der Waals surface area contributed by atoms with E-state index >= 15 is 0 Å². The highest BCUT2D eigenvalue weighted by atomic mass is 16.5. The first-order chi connectivity index (χ1) is 9.86. The number of hydrogen-bond donors (Lipinski definition) is 1. The third-order valence-corrected chi connectivity index (χ3v) is 3.34. The number of ether oxygens (including phenoxy) is 1. The summed E-state index contributed by atoms with van der Waals surface area (Å²) in [5, 5.41) is 17.5. The van der Waals surface area contributed by atoms with Gasteiger partial charge in [0.15, 0.2) is 0 Å². The van der Waals surface area contributed by atoms with Gasteiger partial charge in [0.25, 0.3) is 0 Å². The Morgan fingerprint density at radius 3 is 2.67 bits per heavy atom. The number of aliphatic hydroxyl groups excluding tert-OH is 1. The number of aromatic nitrogens is 3. The van der Waals surface area contributed by atoms with Gasteiger partial charge in [-0.05, 0) is 29.5 Å². The molecule has 1 aromatic carbocycles. The summed E-state index contributed by atoms with van der Waals surface area (Å²) < 4.78 is 7.29. The third-order valence-electron chi connectivity index (χ3n) is 3.34. The molecular weight excluding hydrogens is 266 g/mol. The lowest BCUT2D eigenvalue weighted by atomic mass is 9.86. The molecule has 0 bridgehead atoms. The van der Waals surface area contributed by atoms with Gasteiger partial charge in [0.1, 0.15) is 18.5 Å². The summed E-state index contributed by atoms with van der Waals surface area (Å²) in [5.41, 5.74) is 2.47. The smallest absolute Gasteiger partial charge is 0.122 e. The molecule has 1 heterocycles. The number of nitrogens with zero attached hydrogens (tertiary/aromatic N) is 3. The summed E-state index contributed by atoms with van der Waals surface area (Å²) in [7, 11) is 0. The molecule has 0 amide bonds. The van der Waals surface area contributed by atoms with Crippen molar-refractivity contribution >= 4 is 0 Å². The molecule has 1 N–H and O–H groups in total. The van der Waals surface area contributed by atoms with E-state index in [9.17, 15) is 5.11 Å². The van der Waals surface area contributed by atoms with Crippen molar-refractivity contribution in [1.29, 1.82) is 0 Å². The first-order valence-corrected chi connectivity index (χ1v) is 7.12. The van der Waals surface area contributed by atoms with Gasteiger partial charge in [0.2, 0.25) is 0 Å². The molecule has 5 nitrogen and oxygen atoms in total. The van der Waals surface area contributed by atoms with Crippen molar-refractivity contribution in [3.8, 4) is 5.75 Å². The first-order valence-electron chi connectivity index (χ1n) is 7.12. The normalized spacial score (nSPS) is 13.2. The van der Waals surface area contributed by atoms with Crippen LogP contribution < -0.4 is 4.74 Å². The zero-order chi connectivity index (χ0) is 15.5. The van der Waals surface area contributed by atoms with Crippen LogP contribution in [0.2, 0.25) is 0 Å². The quantitative estimate of drug-likeness (QED) is 0.917. The molecule has 2 rings (SSSR count). The molecule has 0 spiro atoms. The highest BCUT2D eigenvalue weighted by molar-refractivity contribution is 5.38. The maximum Gasteiger partial charge on any atom is 0.122 e. The van der Waals surface area contributed by atoms with E-state index in [1.165, 1.54) is 5.56 Å². The molecule has 0 saturated carbocycles. The average molecular weight is 289 g/mol. The van der Waals surface area contributed by atoms with Crippen LogP contribution in [-0.4, -0.2) is 32.8 Å². The predicted octanol–water partition coefficient (Wildman–Crippen LogP) is 2.32. The highest BCUT2D eigenvalue weighted by Gasteiger charge is 2.15. The standard InChI is InChI=1S/C16H23N3O2/c1-12-9-13(16(2,3)4)5-6-15(12)21-11-14(20)10-19-8-7-17-18-19/h5-9,14,20H,10-11H2,1-4H3/t14-/m1/s1. The summed E-state index contributed by atoms with van der Waals surface area (Å²) in [6.45, 7) is 9.18. The fourth-order valence-electron chi connectivity index (χ4n) is 2.06. The van der Waals surface area contributed by atoms with E-state index in [1.807, 2.05) is 13.0 Å². The molecule has 2 aromatic rings. The van der Waals surface area contributed by atoms with Crippen molar-refractivity contribution in [1.82, 2.24) is 15.0 Å². The molecule has 21 heavy (non-hydrogen) atoms. The van der Waals surface area contributed by atoms with Gasteiger partial charge in [0.05, 0.1) is 12.7 Å². The Morgan fingerprint density at radius 1 is 1.33 bits per heavy atom. The van der Waals surface area contributed by atoms with Crippen LogP contribution in [0.5, 0.6) is 5.75 Å². The molecule has 1 atom stereocenters. The van der Waals surface area contributed by atoms with Crippen molar-refractivity contribution in [3.05, 3.63) is 41.7 Å². The van der Waals surface area contributed by atoms with Crippen LogP contribution in [0.4, 0.5) is 0 Å². The van der Waals surface area contributed by atoms with E-state index in [4.69, 9.17) is 4.74 Å². The van der Waals surface area contributed by atoms with Crippen molar-refractivity contribution in [3.63, 3.8) is 0 Å². The lowest BCUT2D eigenvalue weighted by Crippen LogP contribution is -2.24. The van der Waals surface area contributed by atoms with Crippen molar-refractivity contribution in [2.75, 3.05) is 6.61 Å². The lowest BCUT2D eigenvalue weighted by Gasteiger charge is -2.21. The monoisotopic (exact) mass is 289 g/mol. The summed E-state index contributed by atoms with van der Waals surface area (Å²) in [6, 6.07) is 6.18. The largest absolute Gasteiger partial charge is 0.491 e. The zero-order valence-corrected chi connectivity index (χ0v) is 13.1. The molecule has 0 aliphatic carbocycles. The van der Waals surface area contributed by atoms with E-state index in [2.05, 4.69) is 43.2 Å². The Labute approximate surface area is 125 Å². The van der Waals surface area contributed by atoms with E-state index in [-0.39, 0.29) is 12.0 Å². The van der Waals surface area contributed by atoms with E-state index in [1.54, 1.807) is 17.1 Å². The summed E-state index contributed by atoms with van der Waals surface area (Å²) >= 11 is 0. The van der Waals surface area contributed by atoms with Crippen LogP contribution in [0.15, 0.2) is 30.6 Å². The summed E-state index contributed by atoms with van der Waals surface area (Å²) in [5.74, 6) is 0.806. The lowest BCUT2D eigenvalue weighted by molar-refractivity contribution is 0.0885. The van der Waals surface area contributed by atoms with Gasteiger partial charge in [-0.3, -0.25) is 0 Å². The van der Waals surface area contributed by atoms with Crippen molar-refractivity contribution < 1.29 is 9.84 Å². The second-order valence-electron chi connectivity index (χ2n) is 6.32. The fourth-order valence-corrected chi connectivity index (χ4v) is 2.06. The Morgan fingerprint density at radius 2 is 2.10 bits per heavy atom. The molecule has 0 saturated heterocycles. The van der Waals surface area contributed by atoms with E-state index in [0.29, 0.717) is 6.54 Å². The average Bonchev–Trinajstić information content (AvgIpc) is 2.89. The van der Waals surface area contributed by atoms with Crippen LogP contribution in [0.3, 0.4) is 0 Å². The molecule has 0 aliphatic rings. The number of aliphatic hydroxyl groups is 1. The topological polar surface area (TPSA) is 60.2 Å². The van der Waals surface area contributed by atoms with Gasteiger partial charge in [0, 0.05) is 6.20 Å². The zero-order valence-electron chi connectivity index (χ0n) is 13.1. The van der Waals surface area contributed by atoms with Gasteiger partial charge in [-0.2, -0.15) is 0 Å². The Bertz CT molecular complexity index is 574. The number of benzene rings is 1. The van der Waals surface area contributed by atoms with Crippen molar-refractivity contribution in [2.45, 2.75) is 45.8 Å². The van der Waals surface area contributed by atoms with E-state index < -0.39 is 6.10 Å². The Hall–Kier alpha value is -1.88. The van der Waals surface area contributed by atoms with Crippen molar-refractivity contribution in [2.24, 2.45) is 0 Å². The van der Waals surface area contributed by atoms with Gasteiger partial charge in [-0.1, -0.05) is 38.1 Å². The molecule has 5 heteroatoms. The molecule has 0 fully saturated rings. The Balaban J connectivity index is 1.94. The number of rotatable bonds is 5. The van der Waals surface area contributed by atoms with E-state index in [0.717, 1.165) is 11.3 Å². The minimum atomic E-state index is -0.617. The fraction of sp³-hybridized carbons (Fsp3) is 0.500. The molecule has 0 unspecified atom stereocenters. The molecule has 0 aliphatic heterocycles. The van der Waals surface area contributed by atoms with Crippen LogP contribution in [0, 0.1) is 6.92 Å².